The lowest BCUT2D eigenvalue weighted by molar-refractivity contribution is -0.137. The molecule has 0 saturated heterocycles. The number of carbonyl (C=O) groups excluding carboxylic acids is 1. The third-order valence-electron chi connectivity index (χ3n) is 5.80. The predicted molar refractivity (Wildman–Crippen MR) is 114 cm³/mol. The van der Waals surface area contributed by atoms with Gasteiger partial charge in [-0.25, -0.2) is 9.37 Å². The average molecular weight is 462 g/mol. The average Bonchev–Trinajstić information content (AvgIpc) is 3.23. The fraction of sp³-hybridized carbons (Fsp3) is 0.348. The van der Waals surface area contributed by atoms with E-state index >= 15 is 4.39 Å². The molecule has 3 heterocycles. The Labute approximate surface area is 187 Å². The quantitative estimate of drug-likeness (QED) is 0.551. The van der Waals surface area contributed by atoms with Gasteiger partial charge in [0.2, 0.25) is 0 Å². The van der Waals surface area contributed by atoms with E-state index in [-0.39, 0.29) is 29.7 Å². The van der Waals surface area contributed by atoms with Crippen molar-refractivity contribution in [3.63, 3.8) is 0 Å². The SMILES string of the molecule is CC(C)N(C(=O)c1cc2c3c(c(N)nc2cc1F)COC3)C(C)c1ccc(C(F)(F)F)cn1. The minimum absolute atomic E-state index is 0.171. The Morgan fingerprint density at radius 3 is 2.45 bits per heavy atom. The fourth-order valence-electron chi connectivity index (χ4n) is 4.12. The summed E-state index contributed by atoms with van der Waals surface area (Å²) in [6.07, 6.45) is -3.79. The van der Waals surface area contributed by atoms with E-state index in [4.69, 9.17) is 10.5 Å². The summed E-state index contributed by atoms with van der Waals surface area (Å²) in [5.41, 5.74) is 6.95. The van der Waals surface area contributed by atoms with Crippen molar-refractivity contribution in [3.8, 4) is 0 Å². The Balaban J connectivity index is 1.74. The number of amides is 1. The molecule has 0 spiro atoms. The van der Waals surface area contributed by atoms with Crippen molar-refractivity contribution in [1.29, 1.82) is 0 Å². The maximum Gasteiger partial charge on any atom is 0.417 e. The Bertz CT molecular complexity index is 1230. The number of halogens is 4. The highest BCUT2D eigenvalue weighted by Gasteiger charge is 2.33. The molecule has 1 aliphatic heterocycles. The molecule has 3 aromatic rings. The molecule has 1 aliphatic rings. The van der Waals surface area contributed by atoms with E-state index in [2.05, 4.69) is 9.97 Å². The zero-order chi connectivity index (χ0) is 24.1. The number of benzene rings is 1. The molecule has 174 valence electrons. The number of ether oxygens (including phenoxy) is 1. The summed E-state index contributed by atoms with van der Waals surface area (Å²) in [5, 5.41) is 0.575. The van der Waals surface area contributed by atoms with Gasteiger partial charge in [-0.3, -0.25) is 9.78 Å². The van der Waals surface area contributed by atoms with Gasteiger partial charge in [0.1, 0.15) is 11.6 Å². The number of nitrogens with two attached hydrogens (primary N) is 1. The van der Waals surface area contributed by atoms with Gasteiger partial charge in [-0.2, -0.15) is 13.2 Å². The van der Waals surface area contributed by atoms with Gasteiger partial charge in [-0.05, 0) is 44.5 Å². The number of nitrogen functional groups attached to an aromatic ring is 1. The number of alkyl halides is 3. The largest absolute Gasteiger partial charge is 0.417 e. The minimum atomic E-state index is -4.52. The molecule has 6 nitrogen and oxygen atoms in total. The second-order valence-electron chi connectivity index (χ2n) is 8.25. The lowest BCUT2D eigenvalue weighted by Crippen LogP contribution is -2.39. The van der Waals surface area contributed by atoms with Crippen LogP contribution in [0.2, 0.25) is 0 Å². The first-order chi connectivity index (χ1) is 15.5. The smallest absolute Gasteiger partial charge is 0.383 e. The summed E-state index contributed by atoms with van der Waals surface area (Å²) in [5.74, 6) is -1.11. The molecule has 0 radical (unpaired) electrons. The van der Waals surface area contributed by atoms with Gasteiger partial charge in [0.25, 0.3) is 5.91 Å². The summed E-state index contributed by atoms with van der Waals surface area (Å²) >= 11 is 0. The second-order valence-corrected chi connectivity index (χ2v) is 8.25. The van der Waals surface area contributed by atoms with E-state index in [9.17, 15) is 18.0 Å². The molecule has 1 atom stereocenters. The Kier molecular flexibility index (Phi) is 5.73. The summed E-state index contributed by atoms with van der Waals surface area (Å²) in [4.78, 5) is 23.0. The van der Waals surface area contributed by atoms with Crippen LogP contribution in [0.3, 0.4) is 0 Å². The summed E-state index contributed by atoms with van der Waals surface area (Å²) < 4.78 is 59.1. The molecule has 0 aliphatic carbocycles. The fourth-order valence-corrected chi connectivity index (χ4v) is 4.12. The number of fused-ring (bicyclic) bond motifs is 3. The van der Waals surface area contributed by atoms with Crippen LogP contribution in [-0.2, 0) is 24.1 Å². The molecule has 1 unspecified atom stereocenters. The van der Waals surface area contributed by atoms with Gasteiger partial charge in [-0.15, -0.1) is 0 Å². The number of anilines is 1. The van der Waals surface area contributed by atoms with E-state index in [0.717, 1.165) is 29.5 Å². The van der Waals surface area contributed by atoms with Crippen LogP contribution in [0.1, 0.15) is 59.6 Å². The molecule has 1 amide bonds. The van der Waals surface area contributed by atoms with Gasteiger partial charge in [0.15, 0.2) is 0 Å². The van der Waals surface area contributed by atoms with Gasteiger partial charge in [0, 0.05) is 29.3 Å². The van der Waals surface area contributed by atoms with Gasteiger partial charge < -0.3 is 15.4 Å². The number of pyridine rings is 2. The van der Waals surface area contributed by atoms with E-state index in [0.29, 0.717) is 17.5 Å². The van der Waals surface area contributed by atoms with Crippen LogP contribution in [0.5, 0.6) is 0 Å². The minimum Gasteiger partial charge on any atom is -0.383 e. The molecule has 4 rings (SSSR count). The zero-order valence-corrected chi connectivity index (χ0v) is 18.2. The number of carbonyl (C=O) groups is 1. The monoisotopic (exact) mass is 462 g/mol. The third-order valence-corrected chi connectivity index (χ3v) is 5.80. The first kappa shape index (κ1) is 22.9. The number of rotatable bonds is 4. The molecule has 1 aromatic carbocycles. The van der Waals surface area contributed by atoms with Crippen molar-refractivity contribution in [2.24, 2.45) is 0 Å². The topological polar surface area (TPSA) is 81.3 Å². The first-order valence-corrected chi connectivity index (χ1v) is 10.3. The van der Waals surface area contributed by atoms with Gasteiger partial charge in [-0.1, -0.05) is 0 Å². The molecular weight excluding hydrogens is 440 g/mol. The third kappa shape index (κ3) is 4.10. The summed E-state index contributed by atoms with van der Waals surface area (Å²) in [6, 6.07) is 3.66. The Morgan fingerprint density at radius 2 is 1.85 bits per heavy atom. The molecule has 2 N–H and O–H groups in total. The van der Waals surface area contributed by atoms with Crippen molar-refractivity contribution in [1.82, 2.24) is 14.9 Å². The highest BCUT2D eigenvalue weighted by Crippen LogP contribution is 2.34. The van der Waals surface area contributed by atoms with Crippen molar-refractivity contribution >= 4 is 22.6 Å². The van der Waals surface area contributed by atoms with Gasteiger partial charge in [0.05, 0.1) is 41.6 Å². The predicted octanol–water partition coefficient (Wildman–Crippen LogP) is 5.01. The molecule has 2 aromatic heterocycles. The molecular formula is C23H22F4N4O2. The molecule has 33 heavy (non-hydrogen) atoms. The highest BCUT2D eigenvalue weighted by molar-refractivity contribution is 6.00. The normalized spacial score (nSPS) is 14.5. The molecule has 0 saturated carbocycles. The van der Waals surface area contributed by atoms with Crippen LogP contribution in [0.25, 0.3) is 10.9 Å². The zero-order valence-electron chi connectivity index (χ0n) is 18.2. The van der Waals surface area contributed by atoms with E-state index < -0.39 is 29.5 Å². The van der Waals surface area contributed by atoms with E-state index in [1.165, 1.54) is 17.0 Å². The lowest BCUT2D eigenvalue weighted by Gasteiger charge is -2.33. The number of hydrogen-bond acceptors (Lipinski definition) is 5. The molecule has 0 bridgehead atoms. The van der Waals surface area contributed by atoms with Crippen LogP contribution in [0, 0.1) is 5.82 Å². The van der Waals surface area contributed by atoms with Crippen molar-refractivity contribution in [2.45, 2.75) is 52.2 Å². The van der Waals surface area contributed by atoms with Crippen LogP contribution in [-0.4, -0.2) is 26.8 Å². The lowest BCUT2D eigenvalue weighted by atomic mass is 10.0. The van der Waals surface area contributed by atoms with Crippen LogP contribution in [0.4, 0.5) is 23.4 Å². The maximum atomic E-state index is 15.0. The van der Waals surface area contributed by atoms with Gasteiger partial charge >= 0.3 is 6.18 Å². The van der Waals surface area contributed by atoms with Crippen LogP contribution >= 0.6 is 0 Å². The Morgan fingerprint density at radius 1 is 1.15 bits per heavy atom. The van der Waals surface area contributed by atoms with Crippen molar-refractivity contribution in [3.05, 3.63) is 64.2 Å². The van der Waals surface area contributed by atoms with E-state index in [1.807, 2.05) is 0 Å². The number of nitrogens with zero attached hydrogens (tertiary/aromatic N) is 3. The van der Waals surface area contributed by atoms with Crippen molar-refractivity contribution in [2.75, 3.05) is 5.73 Å². The molecule has 10 heteroatoms. The Hall–Kier alpha value is -3.27. The molecule has 0 fully saturated rings. The summed E-state index contributed by atoms with van der Waals surface area (Å²) in [7, 11) is 0. The van der Waals surface area contributed by atoms with Crippen LogP contribution in [0.15, 0.2) is 30.5 Å². The number of aromatic nitrogens is 2. The number of hydrogen-bond donors (Lipinski definition) is 1. The van der Waals surface area contributed by atoms with E-state index in [1.54, 1.807) is 20.8 Å². The van der Waals surface area contributed by atoms with Crippen LogP contribution < -0.4 is 5.73 Å². The van der Waals surface area contributed by atoms with Crippen molar-refractivity contribution < 1.29 is 27.1 Å². The second kappa shape index (κ2) is 8.26. The summed E-state index contributed by atoms with van der Waals surface area (Å²) in [6.45, 7) is 5.69. The highest BCUT2D eigenvalue weighted by atomic mass is 19.4. The first-order valence-electron chi connectivity index (χ1n) is 10.3. The maximum absolute atomic E-state index is 15.0. The standard InChI is InChI=1S/C23H22F4N4O2/c1-11(2)31(12(3)19-5-4-13(8-29-19)23(25,26)27)22(32)15-6-14-16-9-33-10-17(16)21(28)30-20(14)7-18(15)24/h4-8,11-12H,9-10H2,1-3H3,(H2,28,30).